The highest BCUT2D eigenvalue weighted by Crippen LogP contribution is 2.23. The number of carbonyl (C=O) groups is 1. The molecule has 0 aliphatic rings. The molecule has 0 radical (unpaired) electrons. The van der Waals surface area contributed by atoms with E-state index in [9.17, 15) is 9.90 Å². The second-order valence-corrected chi connectivity index (χ2v) is 5.70. The molecule has 0 saturated heterocycles. The number of aliphatic hydroxyl groups excluding tert-OH is 1. The number of carbonyl (C=O) groups excluding carboxylic acids is 1. The van der Waals surface area contributed by atoms with Crippen molar-refractivity contribution >= 4 is 5.91 Å². The van der Waals surface area contributed by atoms with E-state index in [1.165, 1.54) is 0 Å². The van der Waals surface area contributed by atoms with Gasteiger partial charge in [-0.1, -0.05) is 20.8 Å². The third kappa shape index (κ3) is 5.50. The van der Waals surface area contributed by atoms with Crippen molar-refractivity contribution < 1.29 is 9.90 Å². The van der Waals surface area contributed by atoms with Crippen molar-refractivity contribution in [1.29, 1.82) is 0 Å². The lowest BCUT2D eigenvalue weighted by Crippen LogP contribution is -2.45. The third-order valence-electron chi connectivity index (χ3n) is 3.28. The Hall–Kier alpha value is -0.610. The van der Waals surface area contributed by atoms with Crippen LogP contribution in [0.1, 0.15) is 34.1 Å². The van der Waals surface area contributed by atoms with Gasteiger partial charge in [0.25, 0.3) is 0 Å². The molecule has 0 rings (SSSR count). The Bertz CT molecular complexity index is 236. The van der Waals surface area contributed by atoms with E-state index in [0.29, 0.717) is 13.0 Å². The second-order valence-electron chi connectivity index (χ2n) is 5.70. The quantitative estimate of drug-likeness (QED) is 0.763. The lowest BCUT2D eigenvalue weighted by atomic mass is 9.86. The van der Waals surface area contributed by atoms with Gasteiger partial charge in [-0.05, 0) is 19.4 Å². The first-order valence-electron chi connectivity index (χ1n) is 6.29. The lowest BCUT2D eigenvalue weighted by molar-refractivity contribution is -0.130. The summed E-state index contributed by atoms with van der Waals surface area (Å²) in [4.78, 5) is 15.5. The normalized spacial score (nSPS) is 13.9. The summed E-state index contributed by atoms with van der Waals surface area (Å²) in [5.41, 5.74) is 0.0171. The van der Waals surface area contributed by atoms with Crippen LogP contribution in [-0.2, 0) is 4.79 Å². The summed E-state index contributed by atoms with van der Waals surface area (Å²) in [5, 5.41) is 9.42. The number of nitrogens with zero attached hydrogens (tertiary/aromatic N) is 2. The number of likely N-dealkylation sites (N-methyl/N-ethyl adjacent to an activating group) is 1. The van der Waals surface area contributed by atoms with Crippen molar-refractivity contribution in [2.75, 3.05) is 33.8 Å². The van der Waals surface area contributed by atoms with Crippen molar-refractivity contribution in [2.45, 2.75) is 40.2 Å². The monoisotopic (exact) mass is 244 g/mol. The molecule has 1 atom stereocenters. The van der Waals surface area contributed by atoms with Crippen molar-refractivity contribution in [2.24, 2.45) is 5.41 Å². The standard InChI is InChI=1S/C13H28N2O2/c1-7-14(5)12(17)8-9-15(6)11(10-16)13(2,3)4/h11,16H,7-10H2,1-6H3. The fourth-order valence-corrected chi connectivity index (χ4v) is 1.87. The first-order valence-corrected chi connectivity index (χ1v) is 6.29. The van der Waals surface area contributed by atoms with E-state index in [1.54, 1.807) is 4.90 Å². The van der Waals surface area contributed by atoms with Gasteiger partial charge in [-0.2, -0.15) is 0 Å². The fourth-order valence-electron chi connectivity index (χ4n) is 1.87. The number of amides is 1. The summed E-state index contributed by atoms with van der Waals surface area (Å²) < 4.78 is 0. The zero-order chi connectivity index (χ0) is 13.6. The smallest absolute Gasteiger partial charge is 0.223 e. The summed E-state index contributed by atoms with van der Waals surface area (Å²) in [6, 6.07) is 0.0854. The second kappa shape index (κ2) is 6.97. The first kappa shape index (κ1) is 16.4. The predicted octanol–water partition coefficient (Wildman–Crippen LogP) is 1.19. The van der Waals surface area contributed by atoms with Crippen LogP contribution in [0.4, 0.5) is 0 Å². The Balaban J connectivity index is 4.25. The summed E-state index contributed by atoms with van der Waals surface area (Å²) in [7, 11) is 3.78. The zero-order valence-electron chi connectivity index (χ0n) is 12.2. The first-order chi connectivity index (χ1) is 7.73. The van der Waals surface area contributed by atoms with Gasteiger partial charge in [0.2, 0.25) is 5.91 Å². The molecular weight excluding hydrogens is 216 g/mol. The Labute approximate surface area is 106 Å². The van der Waals surface area contributed by atoms with Crippen LogP contribution in [0, 0.1) is 5.41 Å². The average Bonchev–Trinajstić information content (AvgIpc) is 2.23. The van der Waals surface area contributed by atoms with Crippen LogP contribution in [0.5, 0.6) is 0 Å². The van der Waals surface area contributed by atoms with Gasteiger partial charge in [-0.15, -0.1) is 0 Å². The molecule has 0 aromatic carbocycles. The van der Waals surface area contributed by atoms with Gasteiger partial charge < -0.3 is 14.9 Å². The van der Waals surface area contributed by atoms with E-state index >= 15 is 0 Å². The maximum Gasteiger partial charge on any atom is 0.223 e. The van der Waals surface area contributed by atoms with Gasteiger partial charge in [-0.3, -0.25) is 4.79 Å². The number of aliphatic hydroxyl groups is 1. The van der Waals surface area contributed by atoms with E-state index in [0.717, 1.165) is 6.54 Å². The minimum atomic E-state index is 0.0171. The molecule has 1 amide bonds. The molecule has 0 saturated carbocycles. The van der Waals surface area contributed by atoms with Crippen LogP contribution < -0.4 is 0 Å². The minimum absolute atomic E-state index is 0.0171. The SMILES string of the molecule is CCN(C)C(=O)CCN(C)C(CO)C(C)(C)C. The summed E-state index contributed by atoms with van der Waals surface area (Å²) in [5.74, 6) is 0.157. The van der Waals surface area contributed by atoms with E-state index < -0.39 is 0 Å². The summed E-state index contributed by atoms with van der Waals surface area (Å²) in [6.07, 6.45) is 0.507. The highest BCUT2D eigenvalue weighted by Gasteiger charge is 2.27. The molecular formula is C13H28N2O2. The molecule has 0 aromatic heterocycles. The molecule has 0 spiro atoms. The molecule has 0 fully saturated rings. The van der Waals surface area contributed by atoms with Gasteiger partial charge in [0.05, 0.1) is 6.61 Å². The zero-order valence-corrected chi connectivity index (χ0v) is 12.2. The highest BCUT2D eigenvalue weighted by molar-refractivity contribution is 5.75. The maximum atomic E-state index is 11.7. The maximum absolute atomic E-state index is 11.7. The van der Waals surface area contributed by atoms with Gasteiger partial charge >= 0.3 is 0 Å². The minimum Gasteiger partial charge on any atom is -0.395 e. The van der Waals surface area contributed by atoms with Crippen molar-refractivity contribution in [1.82, 2.24) is 9.80 Å². The lowest BCUT2D eigenvalue weighted by Gasteiger charge is -2.36. The predicted molar refractivity (Wildman–Crippen MR) is 70.9 cm³/mol. The van der Waals surface area contributed by atoms with Crippen LogP contribution in [0.15, 0.2) is 0 Å². The van der Waals surface area contributed by atoms with Crippen LogP contribution in [0.2, 0.25) is 0 Å². The third-order valence-corrected chi connectivity index (χ3v) is 3.28. The molecule has 1 N–H and O–H groups in total. The van der Waals surface area contributed by atoms with Gasteiger partial charge in [0, 0.05) is 32.6 Å². The molecule has 17 heavy (non-hydrogen) atoms. The van der Waals surface area contributed by atoms with E-state index in [4.69, 9.17) is 0 Å². The van der Waals surface area contributed by atoms with E-state index in [2.05, 4.69) is 25.7 Å². The van der Waals surface area contributed by atoms with Crippen LogP contribution in [-0.4, -0.2) is 60.6 Å². The van der Waals surface area contributed by atoms with Crippen molar-refractivity contribution in [3.05, 3.63) is 0 Å². The van der Waals surface area contributed by atoms with E-state index in [-0.39, 0.29) is 24.0 Å². The largest absolute Gasteiger partial charge is 0.395 e. The molecule has 102 valence electrons. The number of hydrogen-bond donors (Lipinski definition) is 1. The number of hydrogen-bond acceptors (Lipinski definition) is 3. The molecule has 0 aromatic rings. The Morgan fingerprint density at radius 2 is 1.82 bits per heavy atom. The summed E-state index contributed by atoms with van der Waals surface area (Å²) in [6.45, 7) is 9.82. The van der Waals surface area contributed by atoms with Gasteiger partial charge in [-0.25, -0.2) is 0 Å². The molecule has 4 heteroatoms. The van der Waals surface area contributed by atoms with E-state index in [1.807, 2.05) is 21.0 Å². The van der Waals surface area contributed by atoms with Crippen molar-refractivity contribution in [3.8, 4) is 0 Å². The molecule has 0 bridgehead atoms. The highest BCUT2D eigenvalue weighted by atomic mass is 16.3. The fraction of sp³-hybridized carbons (Fsp3) is 0.923. The molecule has 4 nitrogen and oxygen atoms in total. The molecule has 0 aliphatic heterocycles. The van der Waals surface area contributed by atoms with Crippen LogP contribution in [0.3, 0.4) is 0 Å². The average molecular weight is 244 g/mol. The van der Waals surface area contributed by atoms with Crippen molar-refractivity contribution in [3.63, 3.8) is 0 Å². The van der Waals surface area contributed by atoms with Crippen LogP contribution in [0.25, 0.3) is 0 Å². The topological polar surface area (TPSA) is 43.8 Å². The number of rotatable bonds is 6. The Kier molecular flexibility index (Phi) is 6.72. The Morgan fingerprint density at radius 3 is 2.18 bits per heavy atom. The van der Waals surface area contributed by atoms with Gasteiger partial charge in [0.15, 0.2) is 0 Å². The Morgan fingerprint density at radius 1 is 1.29 bits per heavy atom. The van der Waals surface area contributed by atoms with Crippen LogP contribution >= 0.6 is 0 Å². The van der Waals surface area contributed by atoms with Gasteiger partial charge in [0.1, 0.15) is 0 Å². The summed E-state index contributed by atoms with van der Waals surface area (Å²) >= 11 is 0. The molecule has 0 aliphatic carbocycles. The molecule has 1 unspecified atom stereocenters. The molecule has 0 heterocycles.